The van der Waals surface area contributed by atoms with Crippen molar-refractivity contribution >= 4 is 11.7 Å². The van der Waals surface area contributed by atoms with Crippen molar-refractivity contribution in [3.63, 3.8) is 0 Å². The van der Waals surface area contributed by atoms with E-state index in [4.69, 9.17) is 0 Å². The molecule has 2 aromatic rings. The number of benzene rings is 1. The molecule has 2 fully saturated rings. The molecule has 2 N–H and O–H groups in total. The highest BCUT2D eigenvalue weighted by Gasteiger charge is 2.47. The van der Waals surface area contributed by atoms with Gasteiger partial charge in [-0.05, 0) is 31.1 Å². The maximum absolute atomic E-state index is 12.6. The molecule has 0 radical (unpaired) electrons. The van der Waals surface area contributed by atoms with Crippen LogP contribution in [0.1, 0.15) is 50.8 Å². The summed E-state index contributed by atoms with van der Waals surface area (Å²) >= 11 is 0. The van der Waals surface area contributed by atoms with Gasteiger partial charge in [-0.3, -0.25) is 14.4 Å². The number of H-pyrrole nitrogens is 1. The minimum absolute atomic E-state index is 0.0455. The van der Waals surface area contributed by atoms with E-state index in [-0.39, 0.29) is 29.0 Å². The maximum Gasteiger partial charge on any atom is 0.275 e. The molecule has 1 amide bonds. The number of Topliss-reactive ketones (excluding diaryl/α,β-unsaturated/α-hetero) is 1. The first-order chi connectivity index (χ1) is 13.6. The number of nitrogens with one attached hydrogen (secondary N) is 2. The van der Waals surface area contributed by atoms with Gasteiger partial charge in [0.25, 0.3) is 5.56 Å². The Balaban J connectivity index is 1.46. The third kappa shape index (κ3) is 3.48. The molecular weight excluding hydrogens is 356 g/mol. The average Bonchev–Trinajstić information content (AvgIpc) is 3.22. The molecule has 2 saturated carbocycles. The first kappa shape index (κ1) is 18.5. The Bertz CT molecular complexity index is 940. The SMILES string of the molecule is CCC(NC(=O)CC1C2CCC1C(=O)C2)c1nnc(-c2ccccc2)[nH]c1=O. The van der Waals surface area contributed by atoms with E-state index in [1.54, 1.807) is 0 Å². The van der Waals surface area contributed by atoms with E-state index < -0.39 is 6.04 Å². The van der Waals surface area contributed by atoms with Crippen LogP contribution in [0.5, 0.6) is 0 Å². The van der Waals surface area contributed by atoms with Crippen LogP contribution in [-0.4, -0.2) is 26.9 Å². The standard InChI is InChI=1S/C21H24N4O3/c1-2-16(22-18(27)11-15-13-8-9-14(15)17(26)10-13)19-21(28)23-20(25-24-19)12-6-4-3-5-7-12/h3-7,13-16H,2,8-11H2,1H3,(H,22,27)(H,23,25,28). The van der Waals surface area contributed by atoms with Gasteiger partial charge in [0.1, 0.15) is 5.78 Å². The van der Waals surface area contributed by atoms with Gasteiger partial charge in [-0.2, -0.15) is 0 Å². The van der Waals surface area contributed by atoms with Gasteiger partial charge in [-0.15, -0.1) is 10.2 Å². The van der Waals surface area contributed by atoms with Crippen LogP contribution in [0.2, 0.25) is 0 Å². The monoisotopic (exact) mass is 380 g/mol. The number of rotatable bonds is 6. The second kappa shape index (κ2) is 7.66. The molecule has 28 heavy (non-hydrogen) atoms. The summed E-state index contributed by atoms with van der Waals surface area (Å²) in [5, 5.41) is 11.2. The van der Waals surface area contributed by atoms with Crippen molar-refractivity contribution in [1.82, 2.24) is 20.5 Å². The number of aromatic amines is 1. The van der Waals surface area contributed by atoms with Gasteiger partial charge in [-0.1, -0.05) is 37.3 Å². The summed E-state index contributed by atoms with van der Waals surface area (Å²) in [4.78, 5) is 39.8. The Morgan fingerprint density at radius 2 is 2.00 bits per heavy atom. The number of fused-ring (bicyclic) bond motifs is 2. The minimum Gasteiger partial charge on any atom is -0.347 e. The molecule has 0 spiro atoms. The molecule has 7 heteroatoms. The lowest BCUT2D eigenvalue weighted by Crippen LogP contribution is -2.35. The highest BCUT2D eigenvalue weighted by Crippen LogP contribution is 2.48. The largest absolute Gasteiger partial charge is 0.347 e. The first-order valence-electron chi connectivity index (χ1n) is 9.91. The van der Waals surface area contributed by atoms with E-state index in [1.807, 2.05) is 37.3 Å². The molecule has 1 aromatic carbocycles. The van der Waals surface area contributed by atoms with Gasteiger partial charge in [0.2, 0.25) is 5.91 Å². The second-order valence-electron chi connectivity index (χ2n) is 7.76. The lowest BCUT2D eigenvalue weighted by Gasteiger charge is -2.18. The number of ketones is 1. The van der Waals surface area contributed by atoms with Crippen molar-refractivity contribution in [2.24, 2.45) is 17.8 Å². The molecule has 1 aromatic heterocycles. The van der Waals surface area contributed by atoms with Crippen molar-refractivity contribution in [2.45, 2.75) is 45.1 Å². The van der Waals surface area contributed by atoms with Crippen LogP contribution in [0.4, 0.5) is 0 Å². The number of carbonyl (C=O) groups is 2. The van der Waals surface area contributed by atoms with Crippen LogP contribution in [0, 0.1) is 17.8 Å². The van der Waals surface area contributed by atoms with Crippen molar-refractivity contribution < 1.29 is 9.59 Å². The number of hydrogen-bond donors (Lipinski definition) is 2. The molecule has 146 valence electrons. The summed E-state index contributed by atoms with van der Waals surface area (Å²) in [6, 6.07) is 8.80. The topological polar surface area (TPSA) is 105 Å². The van der Waals surface area contributed by atoms with Gasteiger partial charge in [0, 0.05) is 24.3 Å². The fourth-order valence-electron chi connectivity index (χ4n) is 4.65. The van der Waals surface area contributed by atoms with Crippen molar-refractivity contribution in [1.29, 1.82) is 0 Å². The summed E-state index contributed by atoms with van der Waals surface area (Å²) in [6.07, 6.45) is 3.43. The van der Waals surface area contributed by atoms with Crippen molar-refractivity contribution in [3.8, 4) is 11.4 Å². The van der Waals surface area contributed by atoms with Gasteiger partial charge in [0.05, 0.1) is 6.04 Å². The summed E-state index contributed by atoms with van der Waals surface area (Å²) < 4.78 is 0. The molecule has 0 aliphatic heterocycles. The third-order valence-electron chi connectivity index (χ3n) is 6.11. The van der Waals surface area contributed by atoms with E-state index in [9.17, 15) is 14.4 Å². The van der Waals surface area contributed by atoms with E-state index in [2.05, 4.69) is 20.5 Å². The molecule has 4 rings (SSSR count). The van der Waals surface area contributed by atoms with Crippen LogP contribution in [-0.2, 0) is 9.59 Å². The number of hydrogen-bond acceptors (Lipinski definition) is 5. The van der Waals surface area contributed by atoms with Gasteiger partial charge < -0.3 is 10.3 Å². The second-order valence-corrected chi connectivity index (χ2v) is 7.76. The normalized spacial score (nSPS) is 24.3. The Morgan fingerprint density at radius 3 is 2.61 bits per heavy atom. The average molecular weight is 380 g/mol. The third-order valence-corrected chi connectivity index (χ3v) is 6.11. The zero-order valence-electron chi connectivity index (χ0n) is 15.9. The van der Waals surface area contributed by atoms with E-state index in [1.165, 1.54) is 0 Å². The van der Waals surface area contributed by atoms with Gasteiger partial charge >= 0.3 is 0 Å². The predicted octanol–water partition coefficient (Wildman–Crippen LogP) is 2.40. The Labute approximate surface area is 163 Å². The molecule has 2 aliphatic carbocycles. The van der Waals surface area contributed by atoms with E-state index in [0.29, 0.717) is 36.8 Å². The molecule has 0 saturated heterocycles. The Hall–Kier alpha value is -2.83. The van der Waals surface area contributed by atoms with Gasteiger partial charge in [-0.25, -0.2) is 0 Å². The van der Waals surface area contributed by atoms with Crippen LogP contribution in [0.3, 0.4) is 0 Å². The molecule has 2 bridgehead atoms. The zero-order chi connectivity index (χ0) is 19.7. The Kier molecular flexibility index (Phi) is 5.07. The smallest absolute Gasteiger partial charge is 0.275 e. The summed E-state index contributed by atoms with van der Waals surface area (Å²) in [5.74, 6) is 1.11. The molecule has 7 nitrogen and oxygen atoms in total. The predicted molar refractivity (Wildman–Crippen MR) is 103 cm³/mol. The lowest BCUT2D eigenvalue weighted by atomic mass is 9.93. The van der Waals surface area contributed by atoms with Crippen molar-refractivity contribution in [2.75, 3.05) is 0 Å². The highest BCUT2D eigenvalue weighted by atomic mass is 16.2. The quantitative estimate of drug-likeness (QED) is 0.801. The zero-order valence-corrected chi connectivity index (χ0v) is 15.9. The molecule has 1 heterocycles. The first-order valence-corrected chi connectivity index (χ1v) is 9.91. The number of nitrogens with zero attached hydrogens (tertiary/aromatic N) is 2. The Morgan fingerprint density at radius 1 is 1.21 bits per heavy atom. The number of amides is 1. The van der Waals surface area contributed by atoms with E-state index in [0.717, 1.165) is 18.4 Å². The van der Waals surface area contributed by atoms with E-state index >= 15 is 0 Å². The summed E-state index contributed by atoms with van der Waals surface area (Å²) in [7, 11) is 0. The number of aromatic nitrogens is 3. The van der Waals surface area contributed by atoms with Crippen molar-refractivity contribution in [3.05, 3.63) is 46.4 Å². The molecule has 4 atom stereocenters. The maximum atomic E-state index is 12.6. The van der Waals surface area contributed by atoms with Crippen LogP contribution < -0.4 is 10.9 Å². The highest BCUT2D eigenvalue weighted by molar-refractivity contribution is 5.86. The van der Waals surface area contributed by atoms with Crippen LogP contribution in [0.25, 0.3) is 11.4 Å². The minimum atomic E-state index is -0.497. The molecule has 4 unspecified atom stereocenters. The molecular formula is C21H24N4O3. The fraction of sp³-hybridized carbons (Fsp3) is 0.476. The number of carbonyl (C=O) groups excluding carboxylic acids is 2. The lowest BCUT2D eigenvalue weighted by molar-refractivity contribution is -0.123. The van der Waals surface area contributed by atoms with Gasteiger partial charge in [0.15, 0.2) is 11.5 Å². The fourth-order valence-corrected chi connectivity index (χ4v) is 4.65. The molecule has 2 aliphatic rings. The van der Waals surface area contributed by atoms with Crippen LogP contribution in [0.15, 0.2) is 35.1 Å². The van der Waals surface area contributed by atoms with Crippen LogP contribution >= 0.6 is 0 Å². The summed E-state index contributed by atoms with van der Waals surface area (Å²) in [6.45, 7) is 1.89. The summed E-state index contributed by atoms with van der Waals surface area (Å²) in [5.41, 5.74) is 0.634.